The summed E-state index contributed by atoms with van der Waals surface area (Å²) in [6, 6.07) is 9.29. The molecule has 2 heterocycles. The lowest BCUT2D eigenvalue weighted by atomic mass is 10.0. The second-order valence-electron chi connectivity index (χ2n) is 13.1. The van der Waals surface area contributed by atoms with Crippen LogP contribution in [-0.2, 0) is 46.4 Å². The number of hydrogen-bond acceptors (Lipinski definition) is 9. The molecule has 5 atom stereocenters. The van der Waals surface area contributed by atoms with Crippen LogP contribution in [0.15, 0.2) is 71.7 Å². The van der Waals surface area contributed by atoms with Crippen molar-refractivity contribution in [3.8, 4) is 5.75 Å². The van der Waals surface area contributed by atoms with Crippen LogP contribution in [0.5, 0.6) is 5.75 Å². The fourth-order valence-corrected chi connectivity index (χ4v) is 6.24. The standard InChI is InChI=1S/C37H47N9O8/c1-22(47)42-29-21-41-31(49)16-13-25(19-24-11-14-26(48)15-12-24)43-33(51)28(20-23-7-3-2-4-8-23)45-35(53)32(50)27(9-5-17-40-37(38)39)44-34(52)30-10-6-18-46(30)36(29)54/h2-4,7-8,11-16,25,27-30,48H,5-6,9-10,17-21H2,1H3,(H,41,49)(H,42,47)(H,43,51)(H,44,52)(H,45,53)(H4,38,39,40)/t25-,27+,28-,29+,30+/m1/s1. The van der Waals surface area contributed by atoms with E-state index in [9.17, 15) is 38.7 Å². The molecule has 54 heavy (non-hydrogen) atoms. The van der Waals surface area contributed by atoms with Gasteiger partial charge >= 0.3 is 0 Å². The number of guanidine groups is 1. The molecule has 10 N–H and O–H groups in total. The summed E-state index contributed by atoms with van der Waals surface area (Å²) in [5, 5.41) is 22.9. The van der Waals surface area contributed by atoms with Crippen molar-refractivity contribution in [1.29, 1.82) is 0 Å². The summed E-state index contributed by atoms with van der Waals surface area (Å²) < 4.78 is 0. The zero-order valence-corrected chi connectivity index (χ0v) is 30.0. The Balaban J connectivity index is 1.72. The number of phenolic OH excluding ortho intramolecular Hbond substituents is 1. The highest BCUT2D eigenvalue weighted by molar-refractivity contribution is 6.38. The maximum absolute atomic E-state index is 14.0. The van der Waals surface area contributed by atoms with E-state index in [1.54, 1.807) is 42.5 Å². The molecule has 2 aromatic carbocycles. The predicted octanol–water partition coefficient (Wildman–Crippen LogP) is -1.56. The van der Waals surface area contributed by atoms with Gasteiger partial charge in [0.25, 0.3) is 5.91 Å². The zero-order chi connectivity index (χ0) is 39.2. The van der Waals surface area contributed by atoms with Crippen molar-refractivity contribution >= 4 is 47.2 Å². The molecule has 2 aliphatic heterocycles. The van der Waals surface area contributed by atoms with Crippen molar-refractivity contribution in [3.63, 3.8) is 0 Å². The summed E-state index contributed by atoms with van der Waals surface area (Å²) in [6.45, 7) is 1.16. The third-order valence-corrected chi connectivity index (χ3v) is 8.90. The Morgan fingerprint density at radius 2 is 1.61 bits per heavy atom. The number of fused-ring (bicyclic) bond motifs is 1. The number of nitrogens with zero attached hydrogens (tertiary/aromatic N) is 2. The van der Waals surface area contributed by atoms with Crippen LogP contribution in [0, 0.1) is 0 Å². The number of Topliss-reactive ketones (excluding diaryl/α,β-unsaturated/α-hetero) is 1. The summed E-state index contributed by atoms with van der Waals surface area (Å²) in [5.41, 5.74) is 12.2. The normalized spacial score (nSPS) is 23.1. The average molecular weight is 746 g/mol. The lowest BCUT2D eigenvalue weighted by molar-refractivity contribution is -0.144. The quantitative estimate of drug-likeness (QED) is 0.0633. The molecule has 0 saturated carbocycles. The summed E-state index contributed by atoms with van der Waals surface area (Å²) in [4.78, 5) is 99.3. The van der Waals surface area contributed by atoms with E-state index in [0.29, 0.717) is 17.5 Å². The summed E-state index contributed by atoms with van der Waals surface area (Å²) in [7, 11) is 0. The first kappa shape index (κ1) is 40.5. The lowest BCUT2D eigenvalue weighted by Gasteiger charge is -2.29. The predicted molar refractivity (Wildman–Crippen MR) is 197 cm³/mol. The lowest BCUT2D eigenvalue weighted by Crippen LogP contribution is -2.58. The third kappa shape index (κ3) is 12.2. The molecular weight excluding hydrogens is 698 g/mol. The molecule has 1 fully saturated rings. The van der Waals surface area contributed by atoms with Crippen LogP contribution < -0.4 is 38.1 Å². The van der Waals surface area contributed by atoms with E-state index in [-0.39, 0.29) is 63.4 Å². The van der Waals surface area contributed by atoms with Gasteiger partial charge in [-0.25, -0.2) is 0 Å². The molecule has 0 aliphatic carbocycles. The molecule has 2 aromatic rings. The second-order valence-corrected chi connectivity index (χ2v) is 13.1. The van der Waals surface area contributed by atoms with Crippen LogP contribution >= 0.6 is 0 Å². The number of nitrogens with one attached hydrogen (secondary N) is 5. The Bertz CT molecular complexity index is 1750. The second kappa shape index (κ2) is 19.5. The van der Waals surface area contributed by atoms with Crippen LogP contribution in [0.1, 0.15) is 43.7 Å². The van der Waals surface area contributed by atoms with Crippen molar-refractivity contribution in [1.82, 2.24) is 31.5 Å². The molecule has 4 rings (SSSR count). The number of aliphatic imine (C=N–C) groups is 1. The van der Waals surface area contributed by atoms with Gasteiger partial charge in [-0.2, -0.15) is 0 Å². The van der Waals surface area contributed by atoms with E-state index in [0.717, 1.165) is 0 Å². The number of aromatic hydroxyl groups is 1. The highest BCUT2D eigenvalue weighted by Crippen LogP contribution is 2.20. The van der Waals surface area contributed by atoms with E-state index >= 15 is 0 Å². The van der Waals surface area contributed by atoms with Gasteiger partial charge in [-0.05, 0) is 55.4 Å². The maximum Gasteiger partial charge on any atom is 0.290 e. The Hall–Kier alpha value is -6.26. The summed E-state index contributed by atoms with van der Waals surface area (Å²) in [5.74, 6) is -5.49. The van der Waals surface area contributed by atoms with Gasteiger partial charge in [0.15, 0.2) is 5.96 Å². The number of rotatable bonds is 9. The van der Waals surface area contributed by atoms with Gasteiger partial charge in [0, 0.05) is 39.1 Å². The molecular formula is C37H47N9O8. The van der Waals surface area contributed by atoms with Gasteiger partial charge in [-0.3, -0.25) is 38.6 Å². The molecule has 0 bridgehead atoms. The van der Waals surface area contributed by atoms with Crippen molar-refractivity contribution < 1.29 is 38.7 Å². The highest BCUT2D eigenvalue weighted by atomic mass is 16.3. The number of hydrogen-bond donors (Lipinski definition) is 8. The third-order valence-electron chi connectivity index (χ3n) is 8.90. The molecule has 0 unspecified atom stereocenters. The van der Waals surface area contributed by atoms with Crippen LogP contribution in [0.3, 0.4) is 0 Å². The average Bonchev–Trinajstić information content (AvgIpc) is 3.64. The van der Waals surface area contributed by atoms with Crippen LogP contribution in [-0.4, -0.2) is 107 Å². The Labute approximate surface area is 312 Å². The van der Waals surface area contributed by atoms with Crippen molar-refractivity contribution in [2.75, 3.05) is 19.6 Å². The van der Waals surface area contributed by atoms with E-state index in [1.165, 1.54) is 36.1 Å². The van der Waals surface area contributed by atoms with Crippen LogP contribution in [0.25, 0.3) is 0 Å². The topological polar surface area (TPSA) is 268 Å². The fraction of sp³-hybridized carbons (Fsp3) is 0.405. The number of carbonyl (C=O) groups is 7. The number of carbonyl (C=O) groups excluding carboxylic acids is 7. The van der Waals surface area contributed by atoms with Gasteiger partial charge < -0.3 is 48.1 Å². The van der Waals surface area contributed by atoms with Gasteiger partial charge in [-0.15, -0.1) is 0 Å². The number of phenols is 1. The SMILES string of the molecule is CC(=O)N[C@H]1CNC(=O)C=C[C@H](Cc2ccc(O)cc2)NC(=O)[C@@H](Cc2ccccc2)NC(=O)C(=O)[C@H](CCCN=C(N)N)NC(=O)[C@@H]2CCCN2C1=O. The number of amides is 6. The molecule has 17 heteroatoms. The molecule has 1 saturated heterocycles. The minimum Gasteiger partial charge on any atom is -0.508 e. The monoisotopic (exact) mass is 745 g/mol. The van der Waals surface area contributed by atoms with E-state index in [2.05, 4.69) is 31.6 Å². The van der Waals surface area contributed by atoms with Crippen molar-refractivity contribution in [2.24, 2.45) is 16.5 Å². The number of benzene rings is 2. The van der Waals surface area contributed by atoms with Crippen LogP contribution in [0.4, 0.5) is 0 Å². The molecule has 288 valence electrons. The number of ketones is 1. The Morgan fingerprint density at radius 1 is 0.907 bits per heavy atom. The number of nitrogens with two attached hydrogens (primary N) is 2. The fourth-order valence-electron chi connectivity index (χ4n) is 6.24. The maximum atomic E-state index is 14.0. The smallest absolute Gasteiger partial charge is 0.290 e. The van der Waals surface area contributed by atoms with Gasteiger partial charge in [-0.1, -0.05) is 48.5 Å². The van der Waals surface area contributed by atoms with Gasteiger partial charge in [0.1, 0.15) is 23.9 Å². The van der Waals surface area contributed by atoms with Crippen molar-refractivity contribution in [2.45, 2.75) is 75.7 Å². The Kier molecular flexibility index (Phi) is 14.7. The van der Waals surface area contributed by atoms with Crippen molar-refractivity contribution in [3.05, 3.63) is 77.9 Å². The van der Waals surface area contributed by atoms with E-state index in [1.807, 2.05) is 0 Å². The molecule has 17 nitrogen and oxygen atoms in total. The summed E-state index contributed by atoms with van der Waals surface area (Å²) >= 11 is 0. The van der Waals surface area contributed by atoms with Gasteiger partial charge in [0.05, 0.1) is 12.1 Å². The molecule has 2 aliphatic rings. The Morgan fingerprint density at radius 3 is 2.30 bits per heavy atom. The van der Waals surface area contributed by atoms with Gasteiger partial charge in [0.2, 0.25) is 35.3 Å². The first-order valence-corrected chi connectivity index (χ1v) is 17.7. The van der Waals surface area contributed by atoms with E-state index < -0.39 is 71.4 Å². The minimum absolute atomic E-state index is 0.00692. The first-order valence-electron chi connectivity index (χ1n) is 17.7. The first-order chi connectivity index (χ1) is 25.8. The molecule has 0 radical (unpaired) electrons. The largest absolute Gasteiger partial charge is 0.508 e. The molecule has 0 aromatic heterocycles. The zero-order valence-electron chi connectivity index (χ0n) is 30.0. The summed E-state index contributed by atoms with van der Waals surface area (Å²) in [6.07, 6.45) is 3.57. The van der Waals surface area contributed by atoms with Crippen LogP contribution in [0.2, 0.25) is 0 Å². The minimum atomic E-state index is -1.37. The van der Waals surface area contributed by atoms with E-state index in [4.69, 9.17) is 11.5 Å². The molecule has 0 spiro atoms. The molecule has 6 amide bonds. The highest BCUT2D eigenvalue weighted by Gasteiger charge is 2.40.